The van der Waals surface area contributed by atoms with Crippen molar-refractivity contribution >= 4 is 17.2 Å². The molecule has 2 N–H and O–H groups in total. The molecule has 0 aliphatic rings. The average Bonchev–Trinajstić information content (AvgIpc) is 2.16. The van der Waals surface area contributed by atoms with Crippen LogP contribution in [0.3, 0.4) is 0 Å². The van der Waals surface area contributed by atoms with Crippen LogP contribution in [0, 0.1) is 0 Å². The lowest BCUT2D eigenvalue weighted by molar-refractivity contribution is 0.303. The third-order valence-corrected chi connectivity index (χ3v) is 3.03. The second-order valence-corrected chi connectivity index (χ2v) is 4.44. The minimum atomic E-state index is 0.233. The number of hydrogen-bond donors (Lipinski definition) is 1. The van der Waals surface area contributed by atoms with E-state index >= 15 is 0 Å². The van der Waals surface area contributed by atoms with Crippen molar-refractivity contribution in [3.63, 3.8) is 0 Å². The third-order valence-electron chi connectivity index (χ3n) is 2.69. The van der Waals surface area contributed by atoms with Crippen molar-refractivity contribution in [1.82, 2.24) is 4.90 Å². The van der Waals surface area contributed by atoms with E-state index in [0.717, 1.165) is 6.54 Å². The number of nitrogens with zero attached hydrogens (tertiary/aromatic N) is 1. The molecule has 2 nitrogen and oxygen atoms in total. The monoisotopic (exact) mass is 216 g/mol. The first-order valence-electron chi connectivity index (χ1n) is 5.59. The Balaban J connectivity index is 3.43. The van der Waals surface area contributed by atoms with Crippen LogP contribution in [0.1, 0.15) is 46.0 Å². The Bertz CT molecular complexity index is 159. The van der Waals surface area contributed by atoms with Crippen LogP contribution in [-0.4, -0.2) is 29.5 Å². The molecule has 0 aromatic heterocycles. The molecule has 0 rings (SSSR count). The molecule has 0 aromatic rings. The highest BCUT2D eigenvalue weighted by Gasteiger charge is 2.10. The zero-order chi connectivity index (χ0) is 11.0. The lowest BCUT2D eigenvalue weighted by Crippen LogP contribution is -2.39. The van der Waals surface area contributed by atoms with Gasteiger partial charge in [-0.25, -0.2) is 0 Å². The van der Waals surface area contributed by atoms with E-state index in [4.69, 9.17) is 18.0 Å². The minimum absolute atomic E-state index is 0.233. The first kappa shape index (κ1) is 13.8. The van der Waals surface area contributed by atoms with Crippen LogP contribution >= 0.6 is 12.2 Å². The molecule has 3 heteroatoms. The van der Waals surface area contributed by atoms with Gasteiger partial charge in [-0.2, -0.15) is 0 Å². The van der Waals surface area contributed by atoms with Crippen LogP contribution in [-0.2, 0) is 0 Å². The van der Waals surface area contributed by atoms with Gasteiger partial charge in [-0.1, -0.05) is 44.8 Å². The van der Waals surface area contributed by atoms with Gasteiger partial charge in [0.05, 0.1) is 11.0 Å². The van der Waals surface area contributed by atoms with Crippen molar-refractivity contribution < 1.29 is 0 Å². The molecule has 0 heterocycles. The Kier molecular flexibility index (Phi) is 8.09. The zero-order valence-electron chi connectivity index (χ0n) is 9.75. The van der Waals surface area contributed by atoms with Gasteiger partial charge >= 0.3 is 0 Å². The van der Waals surface area contributed by atoms with Gasteiger partial charge in [0.25, 0.3) is 0 Å². The molecule has 0 aliphatic heterocycles. The number of hydrogen-bond acceptors (Lipinski definition) is 2. The molecule has 1 atom stereocenters. The van der Waals surface area contributed by atoms with Crippen molar-refractivity contribution in [1.29, 1.82) is 0 Å². The Labute approximate surface area is 93.8 Å². The molecule has 0 amide bonds. The van der Waals surface area contributed by atoms with Gasteiger partial charge in [0, 0.05) is 0 Å². The molecule has 84 valence electrons. The highest BCUT2D eigenvalue weighted by Crippen LogP contribution is 2.05. The Morgan fingerprint density at radius 3 is 2.36 bits per heavy atom. The zero-order valence-corrected chi connectivity index (χ0v) is 10.6. The van der Waals surface area contributed by atoms with Gasteiger partial charge in [0.1, 0.15) is 0 Å². The summed E-state index contributed by atoms with van der Waals surface area (Å²) in [5, 5.41) is 0. The summed E-state index contributed by atoms with van der Waals surface area (Å²) in [7, 11) is 2.09. The van der Waals surface area contributed by atoms with Gasteiger partial charge in [0.15, 0.2) is 0 Å². The number of thiocarbonyl (C=S) groups is 1. The topological polar surface area (TPSA) is 29.3 Å². The van der Waals surface area contributed by atoms with Crippen molar-refractivity contribution in [3.05, 3.63) is 0 Å². The SMILES string of the molecule is CCCCCCCN(C)C(C)C(N)=S. The summed E-state index contributed by atoms with van der Waals surface area (Å²) >= 11 is 4.95. The molecular weight excluding hydrogens is 192 g/mol. The maximum Gasteiger partial charge on any atom is 0.0899 e. The summed E-state index contributed by atoms with van der Waals surface area (Å²) in [6.45, 7) is 5.40. The van der Waals surface area contributed by atoms with Crippen LogP contribution in [0.25, 0.3) is 0 Å². The number of rotatable bonds is 8. The predicted octanol–water partition coefficient (Wildman–Crippen LogP) is 2.56. The molecule has 0 fully saturated rings. The van der Waals surface area contributed by atoms with E-state index in [1.165, 1.54) is 32.1 Å². The van der Waals surface area contributed by atoms with Crippen LogP contribution < -0.4 is 5.73 Å². The van der Waals surface area contributed by atoms with E-state index < -0.39 is 0 Å². The van der Waals surface area contributed by atoms with Crippen LogP contribution in [0.2, 0.25) is 0 Å². The third kappa shape index (κ3) is 6.33. The summed E-state index contributed by atoms with van der Waals surface area (Å²) < 4.78 is 0. The second kappa shape index (κ2) is 8.18. The smallest absolute Gasteiger partial charge is 0.0899 e. The van der Waals surface area contributed by atoms with E-state index in [2.05, 4.69) is 25.8 Å². The van der Waals surface area contributed by atoms with Crippen molar-refractivity contribution in [2.75, 3.05) is 13.6 Å². The molecule has 0 saturated carbocycles. The van der Waals surface area contributed by atoms with Gasteiger partial charge in [-0.15, -0.1) is 0 Å². The maximum absolute atomic E-state index is 5.58. The van der Waals surface area contributed by atoms with E-state index in [0.29, 0.717) is 4.99 Å². The number of likely N-dealkylation sites (N-methyl/N-ethyl adjacent to an activating group) is 1. The highest BCUT2D eigenvalue weighted by molar-refractivity contribution is 7.80. The Morgan fingerprint density at radius 1 is 1.29 bits per heavy atom. The molecule has 0 bridgehead atoms. The Morgan fingerprint density at radius 2 is 1.86 bits per heavy atom. The average molecular weight is 216 g/mol. The van der Waals surface area contributed by atoms with Gasteiger partial charge < -0.3 is 5.73 Å². The molecular formula is C11H24N2S. The molecule has 0 aromatic carbocycles. The maximum atomic E-state index is 5.58. The summed E-state index contributed by atoms with van der Waals surface area (Å²) in [6.07, 6.45) is 6.59. The van der Waals surface area contributed by atoms with E-state index in [9.17, 15) is 0 Å². The molecule has 0 aliphatic carbocycles. The molecule has 0 radical (unpaired) electrons. The summed E-state index contributed by atoms with van der Waals surface area (Å²) in [4.78, 5) is 2.83. The van der Waals surface area contributed by atoms with Crippen LogP contribution in [0.15, 0.2) is 0 Å². The minimum Gasteiger partial charge on any atom is -0.392 e. The molecule has 1 unspecified atom stereocenters. The van der Waals surface area contributed by atoms with Gasteiger partial charge in [-0.3, -0.25) is 4.90 Å². The van der Waals surface area contributed by atoms with Crippen molar-refractivity contribution in [3.8, 4) is 0 Å². The quantitative estimate of drug-likeness (QED) is 0.499. The van der Waals surface area contributed by atoms with Gasteiger partial charge in [0.2, 0.25) is 0 Å². The summed E-state index contributed by atoms with van der Waals surface area (Å²) in [6, 6.07) is 0.233. The van der Waals surface area contributed by atoms with Crippen molar-refractivity contribution in [2.45, 2.75) is 52.0 Å². The van der Waals surface area contributed by atoms with Crippen LogP contribution in [0.5, 0.6) is 0 Å². The van der Waals surface area contributed by atoms with Crippen molar-refractivity contribution in [2.24, 2.45) is 5.73 Å². The predicted molar refractivity (Wildman–Crippen MR) is 67.6 cm³/mol. The van der Waals surface area contributed by atoms with E-state index in [-0.39, 0.29) is 6.04 Å². The van der Waals surface area contributed by atoms with Gasteiger partial charge in [-0.05, 0) is 26.9 Å². The summed E-state index contributed by atoms with van der Waals surface area (Å²) in [5.74, 6) is 0. The van der Waals surface area contributed by atoms with E-state index in [1.807, 2.05) is 0 Å². The Hall–Kier alpha value is -0.150. The lowest BCUT2D eigenvalue weighted by atomic mass is 10.1. The molecule has 0 spiro atoms. The second-order valence-electron chi connectivity index (χ2n) is 3.97. The largest absolute Gasteiger partial charge is 0.392 e. The highest BCUT2D eigenvalue weighted by atomic mass is 32.1. The van der Waals surface area contributed by atoms with E-state index in [1.54, 1.807) is 0 Å². The fourth-order valence-corrected chi connectivity index (χ4v) is 1.56. The standard InChI is InChI=1S/C11H24N2S/c1-4-5-6-7-8-9-13(3)10(2)11(12)14/h10H,4-9H2,1-3H3,(H2,12,14). The summed E-state index contributed by atoms with van der Waals surface area (Å²) in [5.41, 5.74) is 5.58. The lowest BCUT2D eigenvalue weighted by Gasteiger charge is -2.23. The fourth-order valence-electron chi connectivity index (χ4n) is 1.38. The normalized spacial score (nSPS) is 13.1. The first-order chi connectivity index (χ1) is 6.59. The number of nitrogens with two attached hydrogens (primary N) is 1. The van der Waals surface area contributed by atoms with Crippen LogP contribution in [0.4, 0.5) is 0 Å². The first-order valence-corrected chi connectivity index (χ1v) is 6.00. The number of unbranched alkanes of at least 4 members (excludes halogenated alkanes) is 4. The molecule has 0 saturated heterocycles. The molecule has 14 heavy (non-hydrogen) atoms. The fraction of sp³-hybridized carbons (Fsp3) is 0.909.